The van der Waals surface area contributed by atoms with E-state index >= 15 is 0 Å². The van der Waals surface area contributed by atoms with Crippen molar-refractivity contribution in [3.8, 4) is 5.75 Å². The minimum atomic E-state index is -0.814. The third kappa shape index (κ3) is 1.78. The van der Waals surface area contributed by atoms with E-state index < -0.39 is 6.10 Å². The van der Waals surface area contributed by atoms with Gasteiger partial charge in [-0.15, -0.1) is 0 Å². The van der Waals surface area contributed by atoms with Gasteiger partial charge in [0.25, 0.3) is 0 Å². The van der Waals surface area contributed by atoms with Crippen LogP contribution in [0.3, 0.4) is 0 Å². The van der Waals surface area contributed by atoms with Gasteiger partial charge in [-0.3, -0.25) is 5.10 Å². The molecule has 1 aliphatic rings. The highest BCUT2D eigenvalue weighted by Crippen LogP contribution is 2.34. The van der Waals surface area contributed by atoms with Gasteiger partial charge in [-0.1, -0.05) is 18.2 Å². The molecule has 1 aromatic heterocycles. The lowest BCUT2D eigenvalue weighted by molar-refractivity contribution is 0.198. The Morgan fingerprint density at radius 2 is 2.35 bits per heavy atom. The second-order valence-corrected chi connectivity index (χ2v) is 4.06. The number of hydrogen-bond donors (Lipinski definition) is 2. The first-order chi connectivity index (χ1) is 8.36. The van der Waals surface area contributed by atoms with E-state index in [4.69, 9.17) is 4.74 Å². The van der Waals surface area contributed by atoms with Gasteiger partial charge in [-0.05, 0) is 18.4 Å². The van der Waals surface area contributed by atoms with Crippen molar-refractivity contribution in [2.45, 2.75) is 18.9 Å². The van der Waals surface area contributed by atoms with Gasteiger partial charge in [-0.25, -0.2) is 4.98 Å². The van der Waals surface area contributed by atoms with Crippen LogP contribution in [0.25, 0.3) is 0 Å². The molecule has 0 aliphatic carbocycles. The lowest BCUT2D eigenvalue weighted by Crippen LogP contribution is -2.13. The summed E-state index contributed by atoms with van der Waals surface area (Å²) in [6.45, 7) is 0.702. The molecule has 2 heterocycles. The minimum Gasteiger partial charge on any atom is -0.493 e. The molecule has 0 fully saturated rings. The van der Waals surface area contributed by atoms with Crippen LogP contribution >= 0.6 is 0 Å². The number of para-hydroxylation sites is 1. The number of H-pyrrole nitrogens is 1. The van der Waals surface area contributed by atoms with Crippen LogP contribution in [0.15, 0.2) is 24.5 Å². The maximum atomic E-state index is 10.2. The molecule has 1 atom stereocenters. The predicted octanol–water partition coefficient (Wildman–Crippen LogP) is 1.21. The molecular weight excluding hydrogens is 218 g/mol. The molecule has 5 nitrogen and oxygen atoms in total. The fraction of sp³-hybridized carbons (Fsp3) is 0.333. The second kappa shape index (κ2) is 4.18. The van der Waals surface area contributed by atoms with Gasteiger partial charge in [0.05, 0.1) is 6.61 Å². The Morgan fingerprint density at radius 1 is 1.41 bits per heavy atom. The number of fused-ring (bicyclic) bond motifs is 1. The van der Waals surface area contributed by atoms with E-state index in [1.54, 1.807) is 0 Å². The summed E-state index contributed by atoms with van der Waals surface area (Å²) in [6.07, 6.45) is 2.58. The highest BCUT2D eigenvalue weighted by molar-refractivity contribution is 5.45. The predicted molar refractivity (Wildman–Crippen MR) is 60.7 cm³/mol. The number of benzene rings is 1. The average Bonchev–Trinajstić information content (AvgIpc) is 2.91. The van der Waals surface area contributed by atoms with Crippen LogP contribution < -0.4 is 4.74 Å². The van der Waals surface area contributed by atoms with Crippen molar-refractivity contribution in [2.75, 3.05) is 6.61 Å². The number of aliphatic hydroxyl groups is 1. The summed E-state index contributed by atoms with van der Waals surface area (Å²) in [5.74, 6) is 1.23. The summed E-state index contributed by atoms with van der Waals surface area (Å²) < 4.78 is 5.65. The number of aromatic amines is 1. The van der Waals surface area contributed by atoms with Crippen LogP contribution in [0, 0.1) is 0 Å². The first-order valence-electron chi connectivity index (χ1n) is 5.64. The maximum absolute atomic E-state index is 10.2. The smallest absolute Gasteiger partial charge is 0.157 e. The summed E-state index contributed by atoms with van der Waals surface area (Å²) in [7, 11) is 0. The van der Waals surface area contributed by atoms with Crippen molar-refractivity contribution >= 4 is 0 Å². The monoisotopic (exact) mass is 231 g/mol. The molecule has 88 valence electrons. The largest absolute Gasteiger partial charge is 0.493 e. The van der Waals surface area contributed by atoms with Crippen molar-refractivity contribution in [1.82, 2.24) is 15.2 Å². The van der Waals surface area contributed by atoms with Gasteiger partial charge in [-0.2, -0.15) is 5.10 Å². The Morgan fingerprint density at radius 3 is 3.18 bits per heavy atom. The van der Waals surface area contributed by atoms with Crippen LogP contribution in [0.4, 0.5) is 0 Å². The van der Waals surface area contributed by atoms with E-state index in [0.717, 1.165) is 29.7 Å². The topological polar surface area (TPSA) is 71.0 Å². The molecule has 0 radical (unpaired) electrons. The Labute approximate surface area is 98.5 Å². The molecule has 3 rings (SSSR count). The number of nitrogens with zero attached hydrogens (tertiary/aromatic N) is 2. The number of hydrogen-bond acceptors (Lipinski definition) is 4. The molecule has 0 saturated carbocycles. The van der Waals surface area contributed by atoms with Crippen molar-refractivity contribution in [1.29, 1.82) is 0 Å². The summed E-state index contributed by atoms with van der Waals surface area (Å²) in [6, 6.07) is 5.82. The zero-order chi connectivity index (χ0) is 11.7. The molecule has 2 aromatic rings. The highest BCUT2D eigenvalue weighted by atomic mass is 16.5. The lowest BCUT2D eigenvalue weighted by atomic mass is 9.99. The van der Waals surface area contributed by atoms with Crippen LogP contribution in [-0.4, -0.2) is 26.9 Å². The molecule has 5 heteroatoms. The third-order valence-electron chi connectivity index (χ3n) is 2.95. The summed E-state index contributed by atoms with van der Waals surface area (Å²) in [4.78, 5) is 3.97. The van der Waals surface area contributed by atoms with Crippen molar-refractivity contribution in [2.24, 2.45) is 0 Å². The van der Waals surface area contributed by atoms with Crippen molar-refractivity contribution in [3.05, 3.63) is 41.5 Å². The Balaban J connectivity index is 2.03. The fourth-order valence-corrected chi connectivity index (χ4v) is 2.12. The zero-order valence-electron chi connectivity index (χ0n) is 9.26. The number of nitrogens with one attached hydrogen (secondary N) is 1. The van der Waals surface area contributed by atoms with Gasteiger partial charge < -0.3 is 9.84 Å². The molecular formula is C12H13N3O2. The fourth-order valence-electron chi connectivity index (χ4n) is 2.12. The highest BCUT2D eigenvalue weighted by Gasteiger charge is 2.22. The number of aryl methyl sites for hydroxylation is 1. The van der Waals surface area contributed by atoms with Gasteiger partial charge in [0, 0.05) is 5.56 Å². The molecule has 1 aliphatic heterocycles. The van der Waals surface area contributed by atoms with Gasteiger partial charge >= 0.3 is 0 Å². The number of ether oxygens (including phenoxy) is 1. The summed E-state index contributed by atoms with van der Waals surface area (Å²) >= 11 is 0. The lowest BCUT2D eigenvalue weighted by Gasteiger charge is -2.21. The van der Waals surface area contributed by atoms with Crippen molar-refractivity contribution < 1.29 is 9.84 Å². The third-order valence-corrected chi connectivity index (χ3v) is 2.95. The molecule has 2 N–H and O–H groups in total. The molecule has 1 aromatic carbocycles. The molecule has 17 heavy (non-hydrogen) atoms. The second-order valence-electron chi connectivity index (χ2n) is 4.06. The SMILES string of the molecule is OC(c1ncn[nH]1)c1cccc2c1OCCC2. The van der Waals surface area contributed by atoms with Crippen LogP contribution in [-0.2, 0) is 6.42 Å². The number of aliphatic hydroxyl groups excluding tert-OH is 1. The Bertz CT molecular complexity index is 510. The normalized spacial score (nSPS) is 16.1. The number of aromatic nitrogens is 3. The maximum Gasteiger partial charge on any atom is 0.157 e. The van der Waals surface area contributed by atoms with Crippen LogP contribution in [0.5, 0.6) is 5.75 Å². The molecule has 0 amide bonds. The van der Waals surface area contributed by atoms with E-state index in [-0.39, 0.29) is 0 Å². The summed E-state index contributed by atoms with van der Waals surface area (Å²) in [5, 5.41) is 16.6. The van der Waals surface area contributed by atoms with E-state index in [2.05, 4.69) is 15.2 Å². The Hall–Kier alpha value is -1.88. The first-order valence-corrected chi connectivity index (χ1v) is 5.64. The van der Waals surface area contributed by atoms with E-state index in [0.29, 0.717) is 12.4 Å². The first kappa shape index (κ1) is 10.3. The number of rotatable bonds is 2. The molecule has 0 bridgehead atoms. The van der Waals surface area contributed by atoms with Gasteiger partial charge in [0.15, 0.2) is 5.82 Å². The quantitative estimate of drug-likeness (QED) is 0.815. The minimum absolute atomic E-state index is 0.438. The average molecular weight is 231 g/mol. The van der Waals surface area contributed by atoms with E-state index in [9.17, 15) is 5.11 Å². The molecule has 0 saturated heterocycles. The Kier molecular flexibility index (Phi) is 2.53. The van der Waals surface area contributed by atoms with E-state index in [1.165, 1.54) is 6.33 Å². The van der Waals surface area contributed by atoms with Crippen LogP contribution in [0.2, 0.25) is 0 Å². The van der Waals surface area contributed by atoms with E-state index in [1.807, 2.05) is 18.2 Å². The molecule has 1 unspecified atom stereocenters. The van der Waals surface area contributed by atoms with Crippen molar-refractivity contribution in [3.63, 3.8) is 0 Å². The molecule has 0 spiro atoms. The van der Waals surface area contributed by atoms with Crippen LogP contribution in [0.1, 0.15) is 29.5 Å². The zero-order valence-corrected chi connectivity index (χ0v) is 9.26. The standard InChI is InChI=1S/C12H13N3O2/c16-10(12-13-7-14-15-12)9-5-1-3-8-4-2-6-17-11(8)9/h1,3,5,7,10,16H,2,4,6H2,(H,13,14,15). The van der Waals surface area contributed by atoms with Gasteiger partial charge in [0.2, 0.25) is 0 Å². The summed E-state index contributed by atoms with van der Waals surface area (Å²) in [5.41, 5.74) is 1.89. The van der Waals surface area contributed by atoms with Gasteiger partial charge in [0.1, 0.15) is 18.2 Å².